The molecule has 1 atom stereocenters. The molecule has 1 unspecified atom stereocenters. The normalized spacial score (nSPS) is 23.3. The topological polar surface area (TPSA) is 62.1 Å². The molecule has 1 N–H and O–H groups in total. The molecular formula is C17H20N2O2. The molecule has 1 heterocycles. The van der Waals surface area contributed by atoms with Crippen molar-refractivity contribution < 1.29 is 9.53 Å². The van der Waals surface area contributed by atoms with Crippen molar-refractivity contribution in [1.82, 2.24) is 5.32 Å². The van der Waals surface area contributed by atoms with Gasteiger partial charge in [0.25, 0.3) is 0 Å². The highest BCUT2D eigenvalue weighted by molar-refractivity contribution is 5.86. The van der Waals surface area contributed by atoms with Gasteiger partial charge in [-0.3, -0.25) is 4.79 Å². The van der Waals surface area contributed by atoms with Gasteiger partial charge in [-0.1, -0.05) is 37.5 Å². The molecule has 0 spiro atoms. The summed E-state index contributed by atoms with van der Waals surface area (Å²) in [6.07, 6.45) is 5.16. The van der Waals surface area contributed by atoms with Gasteiger partial charge in [0, 0.05) is 12.0 Å². The van der Waals surface area contributed by atoms with Gasteiger partial charge in [0.05, 0.1) is 18.7 Å². The van der Waals surface area contributed by atoms with Crippen LogP contribution in [0.4, 0.5) is 0 Å². The molecule has 4 heteroatoms. The summed E-state index contributed by atoms with van der Waals surface area (Å²) in [5.74, 6) is 0.732. The van der Waals surface area contributed by atoms with Gasteiger partial charge in [-0.25, -0.2) is 0 Å². The van der Waals surface area contributed by atoms with Gasteiger partial charge in [0.2, 0.25) is 5.91 Å². The van der Waals surface area contributed by atoms with Crippen LogP contribution in [0.2, 0.25) is 0 Å². The van der Waals surface area contributed by atoms with E-state index in [4.69, 9.17) is 4.74 Å². The molecule has 0 radical (unpaired) electrons. The number of benzene rings is 1. The van der Waals surface area contributed by atoms with E-state index in [1.165, 1.54) is 0 Å². The van der Waals surface area contributed by atoms with Gasteiger partial charge in [-0.15, -0.1) is 0 Å². The SMILES string of the molecule is N#CC1(C(=O)NC2CCOc3ccccc32)CCCCC1. The minimum Gasteiger partial charge on any atom is -0.493 e. The van der Waals surface area contributed by atoms with Crippen LogP contribution in [0.15, 0.2) is 24.3 Å². The number of carbonyl (C=O) groups excluding carboxylic acids is 1. The highest BCUT2D eigenvalue weighted by atomic mass is 16.5. The van der Waals surface area contributed by atoms with E-state index < -0.39 is 5.41 Å². The lowest BCUT2D eigenvalue weighted by molar-refractivity contribution is -0.130. The molecule has 0 saturated heterocycles. The van der Waals surface area contributed by atoms with Crippen molar-refractivity contribution in [1.29, 1.82) is 5.26 Å². The number of para-hydroxylation sites is 1. The Morgan fingerprint density at radius 2 is 2.05 bits per heavy atom. The second-order valence-electron chi connectivity index (χ2n) is 5.96. The van der Waals surface area contributed by atoms with E-state index in [2.05, 4.69) is 11.4 Å². The fourth-order valence-corrected chi connectivity index (χ4v) is 3.33. The maximum atomic E-state index is 12.7. The van der Waals surface area contributed by atoms with Crippen LogP contribution in [0.1, 0.15) is 50.1 Å². The van der Waals surface area contributed by atoms with Crippen LogP contribution in [0.25, 0.3) is 0 Å². The van der Waals surface area contributed by atoms with Crippen molar-refractivity contribution in [3.8, 4) is 11.8 Å². The summed E-state index contributed by atoms with van der Waals surface area (Å²) in [4.78, 5) is 12.7. The van der Waals surface area contributed by atoms with E-state index in [1.807, 2.05) is 24.3 Å². The average molecular weight is 284 g/mol. The standard InChI is InChI=1S/C17H20N2O2/c18-12-17(9-4-1-5-10-17)16(20)19-14-8-11-21-15-7-3-2-6-13(14)15/h2-3,6-7,14H,1,4-5,8-11H2,(H,19,20). The molecule has 2 aliphatic rings. The fourth-order valence-electron chi connectivity index (χ4n) is 3.33. The summed E-state index contributed by atoms with van der Waals surface area (Å²) >= 11 is 0. The van der Waals surface area contributed by atoms with Crippen LogP contribution in [0, 0.1) is 16.7 Å². The number of fused-ring (bicyclic) bond motifs is 1. The number of carbonyl (C=O) groups is 1. The Hall–Kier alpha value is -2.02. The number of nitrogens with zero attached hydrogens (tertiary/aromatic N) is 1. The lowest BCUT2D eigenvalue weighted by Gasteiger charge is -2.33. The molecule has 1 aromatic carbocycles. The largest absolute Gasteiger partial charge is 0.493 e. The number of rotatable bonds is 2. The third-order valence-electron chi connectivity index (χ3n) is 4.62. The number of hydrogen-bond acceptors (Lipinski definition) is 3. The van der Waals surface area contributed by atoms with Crippen LogP contribution in [0.5, 0.6) is 5.75 Å². The van der Waals surface area contributed by atoms with E-state index in [1.54, 1.807) is 0 Å². The first-order valence-electron chi connectivity index (χ1n) is 7.69. The van der Waals surface area contributed by atoms with Gasteiger partial charge in [-0.2, -0.15) is 5.26 Å². The quantitative estimate of drug-likeness (QED) is 0.907. The molecule has 1 saturated carbocycles. The molecule has 1 aromatic rings. The molecule has 1 aliphatic carbocycles. The molecule has 1 amide bonds. The molecule has 4 nitrogen and oxygen atoms in total. The molecule has 0 bridgehead atoms. The monoisotopic (exact) mass is 284 g/mol. The zero-order valence-corrected chi connectivity index (χ0v) is 12.1. The van der Waals surface area contributed by atoms with Gasteiger partial charge in [-0.05, 0) is 18.9 Å². The summed E-state index contributed by atoms with van der Waals surface area (Å²) in [6, 6.07) is 10.0. The van der Waals surface area contributed by atoms with Crippen molar-refractivity contribution in [2.45, 2.75) is 44.6 Å². The molecule has 3 rings (SSSR count). The zero-order valence-electron chi connectivity index (χ0n) is 12.1. The van der Waals surface area contributed by atoms with E-state index in [-0.39, 0.29) is 11.9 Å². The van der Waals surface area contributed by atoms with Crippen LogP contribution >= 0.6 is 0 Å². The van der Waals surface area contributed by atoms with Crippen molar-refractivity contribution in [2.24, 2.45) is 5.41 Å². The summed E-state index contributed by atoms with van der Waals surface area (Å²) in [6.45, 7) is 0.599. The Labute approximate surface area is 125 Å². The number of hydrogen-bond donors (Lipinski definition) is 1. The highest BCUT2D eigenvalue weighted by Gasteiger charge is 2.41. The first-order chi connectivity index (χ1) is 10.2. The Morgan fingerprint density at radius 3 is 2.81 bits per heavy atom. The first-order valence-corrected chi connectivity index (χ1v) is 7.69. The fraction of sp³-hybridized carbons (Fsp3) is 0.529. The third-order valence-corrected chi connectivity index (χ3v) is 4.62. The van der Waals surface area contributed by atoms with E-state index in [0.29, 0.717) is 19.4 Å². The first kappa shape index (κ1) is 13.9. The van der Waals surface area contributed by atoms with Crippen LogP contribution < -0.4 is 10.1 Å². The van der Waals surface area contributed by atoms with Gasteiger partial charge in [0.1, 0.15) is 11.2 Å². The molecule has 110 valence electrons. The molecule has 1 aliphatic heterocycles. The van der Waals surface area contributed by atoms with Gasteiger partial charge >= 0.3 is 0 Å². The Morgan fingerprint density at radius 1 is 1.29 bits per heavy atom. The van der Waals surface area contributed by atoms with E-state index in [9.17, 15) is 10.1 Å². The molecular weight excluding hydrogens is 264 g/mol. The Balaban J connectivity index is 1.78. The zero-order chi connectivity index (χ0) is 14.7. The van der Waals surface area contributed by atoms with Crippen LogP contribution in [0.3, 0.4) is 0 Å². The minimum atomic E-state index is -0.828. The maximum absolute atomic E-state index is 12.7. The third kappa shape index (κ3) is 2.61. The van der Waals surface area contributed by atoms with Gasteiger partial charge < -0.3 is 10.1 Å². The smallest absolute Gasteiger partial charge is 0.240 e. The Kier molecular flexibility index (Phi) is 3.83. The van der Waals surface area contributed by atoms with Crippen molar-refractivity contribution in [2.75, 3.05) is 6.61 Å². The summed E-state index contributed by atoms with van der Waals surface area (Å²) in [7, 11) is 0. The minimum absolute atomic E-state index is 0.0467. The highest BCUT2D eigenvalue weighted by Crippen LogP contribution is 2.38. The predicted molar refractivity (Wildman–Crippen MR) is 78.6 cm³/mol. The van der Waals surface area contributed by atoms with Crippen molar-refractivity contribution >= 4 is 5.91 Å². The van der Waals surface area contributed by atoms with E-state index in [0.717, 1.165) is 37.0 Å². The Bertz CT molecular complexity index is 570. The lowest BCUT2D eigenvalue weighted by Crippen LogP contribution is -2.44. The van der Waals surface area contributed by atoms with Crippen molar-refractivity contribution in [3.63, 3.8) is 0 Å². The second kappa shape index (κ2) is 5.77. The lowest BCUT2D eigenvalue weighted by atomic mass is 9.74. The average Bonchev–Trinajstić information content (AvgIpc) is 2.56. The molecule has 0 aromatic heterocycles. The van der Waals surface area contributed by atoms with Gasteiger partial charge in [0.15, 0.2) is 0 Å². The number of ether oxygens (including phenoxy) is 1. The summed E-state index contributed by atoms with van der Waals surface area (Å²) < 4.78 is 5.62. The molecule has 21 heavy (non-hydrogen) atoms. The maximum Gasteiger partial charge on any atom is 0.240 e. The number of amides is 1. The second-order valence-corrected chi connectivity index (χ2v) is 5.96. The number of nitrogens with one attached hydrogen (secondary N) is 1. The predicted octanol–water partition coefficient (Wildman–Crippen LogP) is 3.10. The van der Waals surface area contributed by atoms with Crippen LogP contribution in [-0.4, -0.2) is 12.5 Å². The van der Waals surface area contributed by atoms with Crippen molar-refractivity contribution in [3.05, 3.63) is 29.8 Å². The summed E-state index contributed by atoms with van der Waals surface area (Å²) in [5.41, 5.74) is 0.187. The molecule has 1 fully saturated rings. The van der Waals surface area contributed by atoms with Crippen LogP contribution in [-0.2, 0) is 4.79 Å². The summed E-state index contributed by atoms with van der Waals surface area (Å²) in [5, 5.41) is 12.6. The van der Waals surface area contributed by atoms with E-state index >= 15 is 0 Å². The number of nitriles is 1.